The first-order chi connectivity index (χ1) is 13.0. The van der Waals surface area contributed by atoms with Crippen LogP contribution in [-0.2, 0) is 16.7 Å². The van der Waals surface area contributed by atoms with Crippen molar-refractivity contribution in [3.63, 3.8) is 0 Å². The third kappa shape index (κ3) is 3.20. The zero-order valence-electron chi connectivity index (χ0n) is 15.1. The van der Waals surface area contributed by atoms with Gasteiger partial charge in [-0.1, -0.05) is 42.0 Å². The molecule has 3 aromatic rings. The molecular weight excluding hydrogens is 383 g/mol. The van der Waals surface area contributed by atoms with E-state index in [1.807, 2.05) is 49.0 Å². The summed E-state index contributed by atoms with van der Waals surface area (Å²) in [4.78, 5) is 6.63. The molecule has 0 radical (unpaired) electrons. The van der Waals surface area contributed by atoms with Crippen LogP contribution in [0.2, 0.25) is 0 Å². The highest BCUT2D eigenvalue weighted by molar-refractivity contribution is 6.32. The predicted molar refractivity (Wildman–Crippen MR) is 108 cm³/mol. The van der Waals surface area contributed by atoms with Crippen molar-refractivity contribution in [2.75, 3.05) is 6.61 Å². The number of H-pyrrole nitrogens is 1. The van der Waals surface area contributed by atoms with Gasteiger partial charge in [-0.3, -0.25) is 4.68 Å². The number of hydrogen-bond acceptors (Lipinski definition) is 3. The number of nitrogens with zero attached hydrogens (tertiary/aromatic N) is 3. The van der Waals surface area contributed by atoms with E-state index in [2.05, 4.69) is 16.0 Å². The van der Waals surface area contributed by atoms with Gasteiger partial charge in [-0.15, -0.1) is 11.6 Å². The molecule has 2 heterocycles. The first-order valence-corrected chi connectivity index (χ1v) is 9.59. The van der Waals surface area contributed by atoms with E-state index in [1.165, 1.54) is 0 Å². The molecule has 0 aliphatic heterocycles. The lowest BCUT2D eigenvalue weighted by Gasteiger charge is -2.25. The minimum absolute atomic E-state index is 0.287. The number of benzene rings is 1. The first-order valence-electron chi connectivity index (χ1n) is 8.83. The maximum absolute atomic E-state index is 6.96. The Labute approximate surface area is 167 Å². The zero-order valence-corrected chi connectivity index (χ0v) is 16.6. The van der Waals surface area contributed by atoms with Crippen LogP contribution in [0.1, 0.15) is 36.4 Å². The second-order valence-electron chi connectivity index (χ2n) is 6.54. The number of aromatic nitrogens is 4. The van der Waals surface area contributed by atoms with Crippen LogP contribution < -0.4 is 0 Å². The molecule has 27 heavy (non-hydrogen) atoms. The summed E-state index contributed by atoms with van der Waals surface area (Å²) in [6.45, 7) is 2.55. The first kappa shape index (κ1) is 18.3. The third-order valence-corrected chi connectivity index (χ3v) is 5.61. The zero-order chi connectivity index (χ0) is 19.0. The molecule has 7 heteroatoms. The molecule has 0 spiro atoms. The number of aryl methyl sites for hydroxylation is 1. The molecule has 1 N–H and O–H groups in total. The Morgan fingerprint density at radius 1 is 1.41 bits per heavy atom. The molecule has 0 bridgehead atoms. The standard InChI is InChI=1S/C20H20Cl2N4O/c1-3-27-19(16-11-23-12-24-16)18-14-5-4-6-15(17(14)25-26(18)2)20(22)9-7-13(21)8-10-20/h4-9,11-12,19H,3,10H2,1-2H3,(H,23,24). The van der Waals surface area contributed by atoms with Crippen molar-refractivity contribution < 1.29 is 4.74 Å². The lowest BCUT2D eigenvalue weighted by molar-refractivity contribution is 0.0839. The van der Waals surface area contributed by atoms with E-state index in [0.29, 0.717) is 18.1 Å². The summed E-state index contributed by atoms with van der Waals surface area (Å²) >= 11 is 13.0. The van der Waals surface area contributed by atoms with Gasteiger partial charge < -0.3 is 9.72 Å². The fourth-order valence-corrected chi connectivity index (χ4v) is 4.00. The smallest absolute Gasteiger partial charge is 0.141 e. The van der Waals surface area contributed by atoms with E-state index in [9.17, 15) is 0 Å². The van der Waals surface area contributed by atoms with Gasteiger partial charge in [0.15, 0.2) is 0 Å². The van der Waals surface area contributed by atoms with Crippen LogP contribution in [0.4, 0.5) is 0 Å². The van der Waals surface area contributed by atoms with E-state index in [-0.39, 0.29) is 6.10 Å². The summed E-state index contributed by atoms with van der Waals surface area (Å²) in [6, 6.07) is 6.09. The molecule has 2 unspecified atom stereocenters. The van der Waals surface area contributed by atoms with Crippen molar-refractivity contribution in [3.05, 3.63) is 70.9 Å². The highest BCUT2D eigenvalue weighted by Gasteiger charge is 2.32. The molecule has 0 amide bonds. The lowest BCUT2D eigenvalue weighted by atomic mass is 9.89. The molecule has 4 rings (SSSR count). The number of aromatic amines is 1. The Hall–Kier alpha value is -2.08. The average molecular weight is 403 g/mol. The molecule has 1 aliphatic carbocycles. The number of alkyl halides is 1. The number of allylic oxidation sites excluding steroid dienone is 4. The van der Waals surface area contributed by atoms with Gasteiger partial charge in [-0.2, -0.15) is 5.10 Å². The molecule has 5 nitrogen and oxygen atoms in total. The summed E-state index contributed by atoms with van der Waals surface area (Å²) in [7, 11) is 1.93. The van der Waals surface area contributed by atoms with Crippen molar-refractivity contribution >= 4 is 34.1 Å². The number of hydrogen-bond donors (Lipinski definition) is 1. The van der Waals surface area contributed by atoms with Gasteiger partial charge in [0.2, 0.25) is 0 Å². The predicted octanol–water partition coefficient (Wildman–Crippen LogP) is 4.94. The maximum Gasteiger partial charge on any atom is 0.141 e. The second kappa shape index (κ2) is 7.15. The van der Waals surface area contributed by atoms with Gasteiger partial charge in [-0.05, 0) is 19.4 Å². The molecule has 2 atom stereocenters. The largest absolute Gasteiger partial charge is 0.366 e. The SMILES string of the molecule is CCOC(c1cnc[nH]1)c1c2cccc(C3(Cl)C=CC(Cl)=CC3)c2nn1C. The number of halogens is 2. The minimum atomic E-state index is -0.668. The third-order valence-electron chi connectivity index (χ3n) is 4.84. The van der Waals surface area contributed by atoms with Crippen LogP contribution in [0.5, 0.6) is 0 Å². The normalized spacial score (nSPS) is 20.8. The number of ether oxygens (including phenoxy) is 1. The maximum atomic E-state index is 6.96. The monoisotopic (exact) mass is 402 g/mol. The number of fused-ring (bicyclic) bond motifs is 1. The Bertz CT molecular complexity index is 1020. The molecular formula is C20H20Cl2N4O. The molecule has 1 aliphatic rings. The van der Waals surface area contributed by atoms with Crippen LogP contribution in [-0.4, -0.2) is 26.4 Å². The Balaban J connectivity index is 1.88. The second-order valence-corrected chi connectivity index (χ2v) is 7.65. The summed E-state index contributed by atoms with van der Waals surface area (Å²) in [5.74, 6) is 0. The molecule has 2 aromatic heterocycles. The molecule has 0 fully saturated rings. The molecule has 0 saturated heterocycles. The number of rotatable bonds is 5. The van der Waals surface area contributed by atoms with E-state index in [0.717, 1.165) is 27.9 Å². The minimum Gasteiger partial charge on any atom is -0.366 e. The highest BCUT2D eigenvalue weighted by Crippen LogP contribution is 2.43. The van der Waals surface area contributed by atoms with Crippen molar-refractivity contribution in [3.8, 4) is 0 Å². The Morgan fingerprint density at radius 2 is 2.26 bits per heavy atom. The van der Waals surface area contributed by atoms with Crippen LogP contribution in [0.25, 0.3) is 10.9 Å². The van der Waals surface area contributed by atoms with E-state index in [1.54, 1.807) is 12.5 Å². The lowest BCUT2D eigenvalue weighted by Crippen LogP contribution is -2.17. The van der Waals surface area contributed by atoms with Crippen LogP contribution in [0, 0.1) is 0 Å². The fraction of sp³-hybridized carbons (Fsp3) is 0.300. The average Bonchev–Trinajstić information content (AvgIpc) is 3.30. The van der Waals surface area contributed by atoms with E-state index >= 15 is 0 Å². The number of imidazole rings is 1. The van der Waals surface area contributed by atoms with E-state index < -0.39 is 4.87 Å². The summed E-state index contributed by atoms with van der Waals surface area (Å²) < 4.78 is 7.90. The van der Waals surface area contributed by atoms with Crippen LogP contribution >= 0.6 is 23.2 Å². The number of nitrogens with one attached hydrogen (secondary N) is 1. The van der Waals surface area contributed by atoms with Crippen molar-refractivity contribution in [1.82, 2.24) is 19.7 Å². The quantitative estimate of drug-likeness (QED) is 0.614. The summed E-state index contributed by atoms with van der Waals surface area (Å²) in [5.41, 5.74) is 3.68. The fourth-order valence-electron chi connectivity index (χ4n) is 3.57. The molecule has 140 valence electrons. The van der Waals surface area contributed by atoms with Gasteiger partial charge in [0.1, 0.15) is 6.10 Å². The Kier molecular flexibility index (Phi) is 4.84. The topological polar surface area (TPSA) is 55.7 Å². The van der Waals surface area contributed by atoms with Crippen LogP contribution in [0.3, 0.4) is 0 Å². The van der Waals surface area contributed by atoms with Gasteiger partial charge in [0.25, 0.3) is 0 Å². The van der Waals surface area contributed by atoms with Gasteiger partial charge in [-0.25, -0.2) is 4.98 Å². The highest BCUT2D eigenvalue weighted by atomic mass is 35.5. The van der Waals surface area contributed by atoms with Crippen molar-refractivity contribution in [2.45, 2.75) is 24.3 Å². The summed E-state index contributed by atoms with van der Waals surface area (Å²) in [5, 5.41) is 6.51. The van der Waals surface area contributed by atoms with Crippen LogP contribution in [0.15, 0.2) is 54.0 Å². The van der Waals surface area contributed by atoms with Crippen molar-refractivity contribution in [1.29, 1.82) is 0 Å². The Morgan fingerprint density at radius 3 is 2.93 bits per heavy atom. The molecule has 1 aromatic carbocycles. The van der Waals surface area contributed by atoms with Gasteiger partial charge in [0.05, 0.1) is 34.3 Å². The van der Waals surface area contributed by atoms with Crippen molar-refractivity contribution in [2.24, 2.45) is 7.05 Å². The summed E-state index contributed by atoms with van der Waals surface area (Å²) in [6.07, 6.45) is 9.48. The van der Waals surface area contributed by atoms with E-state index in [4.69, 9.17) is 33.0 Å². The van der Waals surface area contributed by atoms with Gasteiger partial charge >= 0.3 is 0 Å². The molecule has 0 saturated carbocycles. The van der Waals surface area contributed by atoms with Gasteiger partial charge in [0, 0.05) is 29.6 Å².